The lowest BCUT2D eigenvalue weighted by Crippen LogP contribution is -2.60. The normalized spacial score (nSPS) is 17.6. The highest BCUT2D eigenvalue weighted by Crippen LogP contribution is 2.24. The summed E-state index contributed by atoms with van der Waals surface area (Å²) in [5, 5.41) is 18.2. The molecule has 0 radical (unpaired) electrons. The quantitative estimate of drug-likeness (QED) is 0.367. The van der Waals surface area contributed by atoms with Gasteiger partial charge >= 0.3 is 11.9 Å². The molecule has 10 heteroatoms. The first-order chi connectivity index (χ1) is 13.8. The van der Waals surface area contributed by atoms with Crippen molar-refractivity contribution < 1.29 is 29.0 Å². The number of aliphatic carboxylic acids is 2. The van der Waals surface area contributed by atoms with Crippen LogP contribution in [0.15, 0.2) is 24.3 Å². The Bertz CT molecular complexity index is 788. The van der Waals surface area contributed by atoms with E-state index in [1.54, 1.807) is 16.7 Å². The molecule has 1 aromatic carbocycles. The number of carbonyl (C=O) groups is 3. The number of nitrogens with one attached hydrogen (secondary N) is 1. The number of halogens is 1. The molecule has 0 unspecified atom stereocenters. The maximum atomic E-state index is 13.2. The topological polar surface area (TPSA) is 107 Å². The molecule has 2 saturated heterocycles. The molecule has 3 N–H and O–H groups in total. The zero-order valence-corrected chi connectivity index (χ0v) is 16.6. The molecule has 0 aromatic heterocycles. The van der Waals surface area contributed by atoms with E-state index in [1.165, 1.54) is 12.1 Å². The molecule has 2 aliphatic rings. The summed E-state index contributed by atoms with van der Waals surface area (Å²) in [5.41, 5.74) is 1.11. The van der Waals surface area contributed by atoms with Gasteiger partial charge in [0.1, 0.15) is 18.0 Å². The second kappa shape index (κ2) is 10.8. The Balaban J connectivity index is 0.000000438. The fraction of sp³-hybridized carbons (Fsp3) is 0.421. The fourth-order valence-corrected chi connectivity index (χ4v) is 3.89. The van der Waals surface area contributed by atoms with Crippen molar-refractivity contribution in [2.24, 2.45) is 0 Å². The monoisotopic (exact) mass is 424 g/mol. The van der Waals surface area contributed by atoms with E-state index in [9.17, 15) is 9.18 Å². The second-order valence-corrected chi connectivity index (χ2v) is 7.47. The van der Waals surface area contributed by atoms with Crippen molar-refractivity contribution in [3.8, 4) is 11.8 Å². The average molecular weight is 424 g/mol. The van der Waals surface area contributed by atoms with E-state index in [1.807, 2.05) is 12.1 Å². The molecule has 1 amide bonds. The van der Waals surface area contributed by atoms with Crippen LogP contribution in [-0.4, -0.2) is 83.9 Å². The maximum Gasteiger partial charge on any atom is 0.414 e. The van der Waals surface area contributed by atoms with Gasteiger partial charge in [-0.05, 0) is 18.1 Å². The highest BCUT2D eigenvalue weighted by atomic mass is 32.2. The molecule has 0 atom stereocenters. The van der Waals surface area contributed by atoms with E-state index in [2.05, 4.69) is 17.2 Å². The van der Waals surface area contributed by atoms with Crippen molar-refractivity contribution in [1.82, 2.24) is 14.7 Å². The number of rotatable bonds is 3. The fourth-order valence-electron chi connectivity index (χ4n) is 2.99. The Morgan fingerprint density at radius 2 is 1.76 bits per heavy atom. The lowest BCUT2D eigenvalue weighted by atomic mass is 10.2. The molecule has 8 nitrogen and oxygen atoms in total. The van der Waals surface area contributed by atoms with Crippen LogP contribution < -0.4 is 9.80 Å². The number of benzene rings is 1. The van der Waals surface area contributed by atoms with Gasteiger partial charge in [0.15, 0.2) is 0 Å². The average Bonchev–Trinajstić information content (AvgIpc) is 3.12. The molecular formula is C19H23FN3O5S+. The number of piperazine rings is 1. The molecule has 0 bridgehead atoms. The number of carboxylic acid groups (broad SMARTS) is 2. The molecule has 29 heavy (non-hydrogen) atoms. The molecule has 0 aliphatic carbocycles. The van der Waals surface area contributed by atoms with Crippen molar-refractivity contribution in [3.05, 3.63) is 30.1 Å². The minimum Gasteiger partial charge on any atom is -0.473 e. The molecule has 0 spiro atoms. The van der Waals surface area contributed by atoms with Crippen molar-refractivity contribution in [3.63, 3.8) is 0 Å². The maximum absolute atomic E-state index is 13.2. The predicted molar refractivity (Wildman–Crippen MR) is 108 cm³/mol. The predicted octanol–water partition coefficient (Wildman–Crippen LogP) is 0.428. The van der Waals surface area contributed by atoms with Crippen molar-refractivity contribution in [2.75, 3.05) is 50.9 Å². The van der Waals surface area contributed by atoms with E-state index in [-0.39, 0.29) is 11.7 Å². The number of carboxylic acids is 2. The molecule has 2 aliphatic heterocycles. The van der Waals surface area contributed by atoms with Gasteiger partial charge in [-0.15, -0.1) is 11.8 Å². The Hall–Kier alpha value is -2.61. The van der Waals surface area contributed by atoms with Crippen molar-refractivity contribution in [2.45, 2.75) is 0 Å². The number of quaternary nitrogens is 1. The zero-order chi connectivity index (χ0) is 21.3. The third kappa shape index (κ3) is 6.74. The summed E-state index contributed by atoms with van der Waals surface area (Å²) >= 11 is 1.63. The molecule has 3 rings (SSSR count). The Morgan fingerprint density at radius 1 is 1.14 bits per heavy atom. The van der Waals surface area contributed by atoms with Gasteiger partial charge in [-0.1, -0.05) is 5.92 Å². The summed E-state index contributed by atoms with van der Waals surface area (Å²) in [4.78, 5) is 31.6. The summed E-state index contributed by atoms with van der Waals surface area (Å²) in [7, 11) is 0. The zero-order valence-electron chi connectivity index (χ0n) is 15.8. The number of hydrogen-bond acceptors (Lipinski definition) is 5. The minimum atomic E-state index is -1.82. The standard InChI is InChI=1S/C17H21FN3OS.C2H2O4/c18-15-3-5-16(6-4-15)21(11-7-19-8-12-21)10-2-1-9-20-14-23-13-17(20)22;3-1(4)2(5)6/h3-6,19H,7-14H2;(H,3,4)(H,5,6)/q+1;. The molecule has 156 valence electrons. The van der Waals surface area contributed by atoms with Gasteiger partial charge < -0.3 is 20.4 Å². The van der Waals surface area contributed by atoms with Gasteiger partial charge in [0.2, 0.25) is 5.91 Å². The Labute approximate surface area is 172 Å². The van der Waals surface area contributed by atoms with Gasteiger partial charge in [0.05, 0.1) is 31.3 Å². The van der Waals surface area contributed by atoms with Crippen LogP contribution in [-0.2, 0) is 14.4 Å². The van der Waals surface area contributed by atoms with E-state index >= 15 is 0 Å². The lowest BCUT2D eigenvalue weighted by molar-refractivity contribution is -0.159. The van der Waals surface area contributed by atoms with Crippen LogP contribution in [0.1, 0.15) is 0 Å². The van der Waals surface area contributed by atoms with Gasteiger partial charge in [-0.3, -0.25) is 9.28 Å². The first-order valence-corrected chi connectivity index (χ1v) is 10.1. The summed E-state index contributed by atoms with van der Waals surface area (Å²) in [6.07, 6.45) is 0. The second-order valence-electron chi connectivity index (χ2n) is 6.51. The number of carbonyl (C=O) groups excluding carboxylic acids is 1. The van der Waals surface area contributed by atoms with E-state index in [0.717, 1.165) is 42.2 Å². The summed E-state index contributed by atoms with van der Waals surface area (Å²) in [6, 6.07) is 6.77. The highest BCUT2D eigenvalue weighted by molar-refractivity contribution is 8.00. The van der Waals surface area contributed by atoms with E-state index in [0.29, 0.717) is 18.8 Å². The SMILES string of the molecule is O=C(O)C(=O)O.O=C1CSCN1CC#CC[N+]1(c2ccc(F)cc2)CCNCC1. The van der Waals surface area contributed by atoms with Crippen LogP contribution in [0.2, 0.25) is 0 Å². The van der Waals surface area contributed by atoms with E-state index in [4.69, 9.17) is 19.8 Å². The lowest BCUT2D eigenvalue weighted by Gasteiger charge is -2.39. The first kappa shape index (κ1) is 22.7. The molecular weight excluding hydrogens is 401 g/mol. The highest BCUT2D eigenvalue weighted by Gasteiger charge is 2.31. The summed E-state index contributed by atoms with van der Waals surface area (Å²) in [6.45, 7) is 4.95. The van der Waals surface area contributed by atoms with E-state index < -0.39 is 11.9 Å². The van der Waals surface area contributed by atoms with Crippen molar-refractivity contribution in [1.29, 1.82) is 0 Å². The van der Waals surface area contributed by atoms with Crippen LogP contribution in [0.3, 0.4) is 0 Å². The number of hydrogen-bond donors (Lipinski definition) is 3. The van der Waals surface area contributed by atoms with Gasteiger partial charge in [-0.2, -0.15) is 0 Å². The van der Waals surface area contributed by atoms with Crippen LogP contribution in [0.25, 0.3) is 0 Å². The van der Waals surface area contributed by atoms with Crippen LogP contribution in [0, 0.1) is 17.7 Å². The summed E-state index contributed by atoms with van der Waals surface area (Å²) in [5.74, 6) is 4.03. The third-order valence-corrected chi connectivity index (χ3v) is 5.54. The van der Waals surface area contributed by atoms with Crippen LogP contribution >= 0.6 is 11.8 Å². The van der Waals surface area contributed by atoms with Gasteiger partial charge in [0, 0.05) is 25.2 Å². The number of amides is 1. The van der Waals surface area contributed by atoms with Crippen LogP contribution in [0.4, 0.5) is 10.1 Å². The minimum absolute atomic E-state index is 0.175. The number of thioether (sulfide) groups is 1. The van der Waals surface area contributed by atoms with Gasteiger partial charge in [-0.25, -0.2) is 14.0 Å². The van der Waals surface area contributed by atoms with Crippen LogP contribution in [0.5, 0.6) is 0 Å². The first-order valence-electron chi connectivity index (χ1n) is 8.94. The Kier molecular flexibility index (Phi) is 8.45. The molecule has 0 saturated carbocycles. The smallest absolute Gasteiger partial charge is 0.414 e. The summed E-state index contributed by atoms with van der Waals surface area (Å²) < 4.78 is 14.0. The molecule has 1 aromatic rings. The van der Waals surface area contributed by atoms with Crippen molar-refractivity contribution >= 4 is 35.3 Å². The molecule has 2 fully saturated rings. The third-order valence-electron chi connectivity index (χ3n) is 4.59. The molecule has 2 heterocycles. The largest absolute Gasteiger partial charge is 0.473 e. The van der Waals surface area contributed by atoms with Gasteiger partial charge in [0.25, 0.3) is 0 Å². The Morgan fingerprint density at radius 3 is 2.28 bits per heavy atom. The number of nitrogens with zero attached hydrogens (tertiary/aromatic N) is 2.